The summed E-state index contributed by atoms with van der Waals surface area (Å²) in [5.41, 5.74) is 7.71. The third-order valence-electron chi connectivity index (χ3n) is 7.75. The highest BCUT2D eigenvalue weighted by Gasteiger charge is 2.48. The molecule has 2 aromatic carbocycles. The second-order valence-corrected chi connectivity index (χ2v) is 10.0. The van der Waals surface area contributed by atoms with Crippen molar-refractivity contribution in [1.29, 1.82) is 0 Å². The van der Waals surface area contributed by atoms with E-state index < -0.39 is 0 Å². The van der Waals surface area contributed by atoms with Gasteiger partial charge in [0.25, 0.3) is 0 Å². The molecule has 0 amide bonds. The third kappa shape index (κ3) is 3.07. The molecule has 1 N–H and O–H groups in total. The Morgan fingerprint density at radius 3 is 2.71 bits per heavy atom. The van der Waals surface area contributed by atoms with Gasteiger partial charge in [-0.2, -0.15) is 0 Å². The Labute approximate surface area is 205 Å². The van der Waals surface area contributed by atoms with E-state index >= 15 is 0 Å². The van der Waals surface area contributed by atoms with Crippen LogP contribution in [-0.4, -0.2) is 12.3 Å². The van der Waals surface area contributed by atoms with Crippen LogP contribution in [0.25, 0.3) is 6.08 Å². The van der Waals surface area contributed by atoms with Crippen LogP contribution in [0.15, 0.2) is 95.8 Å². The van der Waals surface area contributed by atoms with Crippen LogP contribution in [0.1, 0.15) is 42.1 Å². The third-order valence-corrected chi connectivity index (χ3v) is 8.08. The summed E-state index contributed by atoms with van der Waals surface area (Å²) in [4.78, 5) is 2.54. The first kappa shape index (κ1) is 20.4. The topological polar surface area (TPSA) is 24.5 Å². The molecule has 3 aliphatic carbocycles. The Morgan fingerprint density at radius 1 is 0.941 bits per heavy atom. The predicted molar refractivity (Wildman–Crippen MR) is 138 cm³/mol. The van der Waals surface area contributed by atoms with Crippen LogP contribution >= 0.6 is 11.6 Å². The zero-order chi connectivity index (χ0) is 22.6. The Morgan fingerprint density at radius 2 is 1.79 bits per heavy atom. The van der Waals surface area contributed by atoms with E-state index in [1.807, 2.05) is 0 Å². The van der Waals surface area contributed by atoms with Gasteiger partial charge in [-0.25, -0.2) is 0 Å². The Balaban J connectivity index is 1.30. The molecule has 7 rings (SSSR count). The number of nitrogens with zero attached hydrogens (tertiary/aromatic N) is 1. The zero-order valence-corrected chi connectivity index (χ0v) is 19.7. The van der Waals surface area contributed by atoms with Crippen LogP contribution < -0.4 is 10.2 Å². The number of hydrogen-bond donors (Lipinski definition) is 1. The van der Waals surface area contributed by atoms with Crippen molar-refractivity contribution in [2.75, 3.05) is 4.90 Å². The fraction of sp³-hybridized carbons (Fsp3) is 0.267. The van der Waals surface area contributed by atoms with Crippen molar-refractivity contribution in [3.05, 3.63) is 118 Å². The highest BCUT2D eigenvalue weighted by atomic mass is 35.5. The molecule has 0 aromatic heterocycles. The second-order valence-electron chi connectivity index (χ2n) is 9.62. The number of benzene rings is 2. The summed E-state index contributed by atoms with van der Waals surface area (Å²) in [6, 6.07) is 15.0. The van der Waals surface area contributed by atoms with Crippen molar-refractivity contribution in [2.45, 2.75) is 44.1 Å². The normalized spacial score (nSPS) is 28.6. The summed E-state index contributed by atoms with van der Waals surface area (Å²) < 4.78 is 6.61. The Bertz CT molecular complexity index is 1300. The van der Waals surface area contributed by atoms with Crippen molar-refractivity contribution in [3.8, 4) is 0 Å². The number of halogens is 1. The van der Waals surface area contributed by atoms with Crippen molar-refractivity contribution < 1.29 is 4.74 Å². The van der Waals surface area contributed by atoms with E-state index in [0.717, 1.165) is 36.3 Å². The van der Waals surface area contributed by atoms with Crippen LogP contribution in [0.4, 0.5) is 5.69 Å². The number of fused-ring (bicyclic) bond motifs is 3. The maximum absolute atomic E-state index is 6.62. The number of nitrogens with one attached hydrogen (secondary N) is 1. The van der Waals surface area contributed by atoms with E-state index in [-0.39, 0.29) is 18.4 Å². The fourth-order valence-corrected chi connectivity index (χ4v) is 6.37. The molecule has 5 aliphatic rings. The minimum atomic E-state index is 0.0532. The van der Waals surface area contributed by atoms with E-state index in [0.29, 0.717) is 5.92 Å². The van der Waals surface area contributed by atoms with Crippen molar-refractivity contribution in [2.24, 2.45) is 5.92 Å². The first-order valence-corrected chi connectivity index (χ1v) is 12.7. The lowest BCUT2D eigenvalue weighted by Gasteiger charge is -2.54. The molecule has 170 valence electrons. The number of hydrogen-bond acceptors (Lipinski definition) is 3. The number of rotatable bonds is 3. The molecule has 2 aliphatic heterocycles. The van der Waals surface area contributed by atoms with Gasteiger partial charge in [0.15, 0.2) is 0 Å². The molecule has 2 heterocycles. The summed E-state index contributed by atoms with van der Waals surface area (Å²) in [5.74, 6) is 1.47. The average molecular weight is 467 g/mol. The summed E-state index contributed by atoms with van der Waals surface area (Å²) in [6.07, 6.45) is 20.1. The van der Waals surface area contributed by atoms with Gasteiger partial charge in [0.05, 0.1) is 0 Å². The average Bonchev–Trinajstić information content (AvgIpc) is 3.26. The summed E-state index contributed by atoms with van der Waals surface area (Å²) >= 11 is 6.62. The molecule has 4 unspecified atom stereocenters. The number of allylic oxidation sites excluding steroid dienone is 6. The molecule has 3 nitrogen and oxygen atoms in total. The molecule has 1 saturated heterocycles. The van der Waals surface area contributed by atoms with Crippen molar-refractivity contribution >= 4 is 23.4 Å². The second kappa shape index (κ2) is 8.04. The first-order valence-electron chi connectivity index (χ1n) is 12.3. The predicted octanol–water partition coefficient (Wildman–Crippen LogP) is 6.85. The van der Waals surface area contributed by atoms with Gasteiger partial charge in [-0.05, 0) is 48.1 Å². The lowest BCUT2D eigenvalue weighted by molar-refractivity contribution is 0.129. The van der Waals surface area contributed by atoms with Gasteiger partial charge in [-0.1, -0.05) is 84.5 Å². The van der Waals surface area contributed by atoms with Gasteiger partial charge >= 0.3 is 0 Å². The molecule has 0 spiro atoms. The number of anilines is 1. The minimum Gasteiger partial charge on any atom is -0.489 e. The van der Waals surface area contributed by atoms with Crippen molar-refractivity contribution in [1.82, 2.24) is 5.32 Å². The summed E-state index contributed by atoms with van der Waals surface area (Å²) in [7, 11) is 0. The van der Waals surface area contributed by atoms with E-state index in [1.54, 1.807) is 0 Å². The largest absolute Gasteiger partial charge is 0.489 e. The highest BCUT2D eigenvalue weighted by Crippen LogP contribution is 2.48. The molecule has 4 atom stereocenters. The molecular formula is C30H27ClN2O. The maximum Gasteiger partial charge on any atom is 0.133 e. The van der Waals surface area contributed by atoms with E-state index in [1.165, 1.54) is 33.7 Å². The monoisotopic (exact) mass is 466 g/mol. The van der Waals surface area contributed by atoms with Crippen LogP contribution in [0, 0.1) is 5.92 Å². The van der Waals surface area contributed by atoms with Crippen LogP contribution in [-0.2, 0) is 11.2 Å². The van der Waals surface area contributed by atoms with Crippen LogP contribution in [0.5, 0.6) is 0 Å². The standard InChI is InChI=1S/C30H27ClN2O/c31-25-17-18-26(21-12-5-4-11-20(21)25)33-29(19-9-2-1-3-10-19)32-30(33)24-15-8-14-23-22-13-6-7-16-27(22)34-28(23)24/h1-4,6,8-11,13-15,17-18,23,28-30,32H,5,7,12,16H2. The summed E-state index contributed by atoms with van der Waals surface area (Å²) in [6.45, 7) is 0. The molecular weight excluding hydrogens is 440 g/mol. The summed E-state index contributed by atoms with van der Waals surface area (Å²) in [5, 5.41) is 4.72. The first-order chi connectivity index (χ1) is 16.8. The minimum absolute atomic E-state index is 0.0532. The van der Waals surface area contributed by atoms with Crippen LogP contribution in [0.2, 0.25) is 5.02 Å². The quantitative estimate of drug-likeness (QED) is 0.535. The highest BCUT2D eigenvalue weighted by molar-refractivity contribution is 6.32. The SMILES string of the molecule is Clc1ccc(N2C(C3=CC=CC4C5=C(CCC=C5)OC34)NC2c2ccccc2)c2c1C=CCC2. The number of ether oxygens (including phenoxy) is 1. The van der Waals surface area contributed by atoms with Gasteiger partial charge in [0.1, 0.15) is 24.2 Å². The van der Waals surface area contributed by atoms with Gasteiger partial charge in [-0.15, -0.1) is 0 Å². The zero-order valence-electron chi connectivity index (χ0n) is 19.0. The lowest BCUT2D eigenvalue weighted by atomic mass is 9.82. The molecule has 0 saturated carbocycles. The lowest BCUT2D eigenvalue weighted by Crippen LogP contribution is -2.66. The van der Waals surface area contributed by atoms with Crippen molar-refractivity contribution in [3.63, 3.8) is 0 Å². The molecule has 4 heteroatoms. The van der Waals surface area contributed by atoms with Gasteiger partial charge < -0.3 is 9.64 Å². The maximum atomic E-state index is 6.62. The molecule has 0 bridgehead atoms. The molecule has 34 heavy (non-hydrogen) atoms. The smallest absolute Gasteiger partial charge is 0.133 e. The van der Waals surface area contributed by atoms with E-state index in [9.17, 15) is 0 Å². The van der Waals surface area contributed by atoms with E-state index in [2.05, 4.69) is 95.2 Å². The fourth-order valence-electron chi connectivity index (χ4n) is 6.13. The Hall–Kier alpha value is -3.01. The van der Waals surface area contributed by atoms with E-state index in [4.69, 9.17) is 16.3 Å². The Kier molecular flexibility index (Phi) is 4.82. The molecule has 0 radical (unpaired) electrons. The van der Waals surface area contributed by atoms with Gasteiger partial charge in [0, 0.05) is 34.2 Å². The molecule has 1 fully saturated rings. The van der Waals surface area contributed by atoms with Crippen LogP contribution in [0.3, 0.4) is 0 Å². The van der Waals surface area contributed by atoms with Gasteiger partial charge in [-0.3, -0.25) is 5.32 Å². The molecule has 2 aromatic rings. The van der Waals surface area contributed by atoms with Gasteiger partial charge in [0.2, 0.25) is 0 Å².